The summed E-state index contributed by atoms with van der Waals surface area (Å²) in [5.74, 6) is -1.17. The minimum Gasteiger partial charge on any atom is -0.492 e. The van der Waals surface area contributed by atoms with Crippen molar-refractivity contribution in [2.24, 2.45) is 5.92 Å². The standard InChI is InChI=1S/C23H25F3N2O4S/c24-13-16-8-10-28-19(23(16)27-33(30,31)14-25)12-15-4-3-6-18(22(15)26)17-5-1-2-7-20(17)32-11-9-21(28)29/h1-7,16,19,23,27H,8-14H2. The van der Waals surface area contributed by atoms with E-state index in [1.54, 1.807) is 42.5 Å². The summed E-state index contributed by atoms with van der Waals surface area (Å²) in [6.07, 6.45) is 0.152. The molecule has 2 aliphatic rings. The molecule has 3 unspecified atom stereocenters. The second kappa shape index (κ2) is 9.72. The number of amides is 1. The van der Waals surface area contributed by atoms with Gasteiger partial charge in [-0.25, -0.2) is 21.9 Å². The highest BCUT2D eigenvalue weighted by Gasteiger charge is 2.42. The predicted octanol–water partition coefficient (Wildman–Crippen LogP) is 3.22. The molecule has 2 heterocycles. The van der Waals surface area contributed by atoms with Crippen LogP contribution in [0.5, 0.6) is 5.75 Å². The molecule has 2 aliphatic heterocycles. The number of alkyl halides is 2. The van der Waals surface area contributed by atoms with E-state index in [0.717, 1.165) is 0 Å². The molecule has 2 aromatic rings. The smallest absolute Gasteiger partial charge is 0.241 e. The van der Waals surface area contributed by atoms with Crippen LogP contribution in [0.4, 0.5) is 13.2 Å². The molecule has 10 heteroatoms. The molecule has 0 radical (unpaired) electrons. The Morgan fingerprint density at radius 3 is 2.61 bits per heavy atom. The van der Waals surface area contributed by atoms with Gasteiger partial charge in [0.05, 0.1) is 25.7 Å². The molecule has 1 saturated heterocycles. The molecule has 178 valence electrons. The highest BCUT2D eigenvalue weighted by atomic mass is 32.2. The van der Waals surface area contributed by atoms with Gasteiger partial charge >= 0.3 is 0 Å². The Kier molecular flexibility index (Phi) is 6.94. The van der Waals surface area contributed by atoms with Crippen molar-refractivity contribution in [3.63, 3.8) is 0 Å². The monoisotopic (exact) mass is 482 g/mol. The number of ether oxygens (including phenoxy) is 1. The number of piperidine rings is 1. The van der Waals surface area contributed by atoms with Gasteiger partial charge in [0.1, 0.15) is 11.6 Å². The van der Waals surface area contributed by atoms with Crippen LogP contribution in [-0.4, -0.2) is 57.1 Å². The normalized spacial score (nSPS) is 23.5. The number of hydrogen-bond donors (Lipinski definition) is 1. The number of para-hydroxylation sites is 1. The Balaban J connectivity index is 1.82. The van der Waals surface area contributed by atoms with Crippen molar-refractivity contribution in [1.82, 2.24) is 9.62 Å². The van der Waals surface area contributed by atoms with Crippen molar-refractivity contribution in [3.05, 3.63) is 53.8 Å². The fraction of sp³-hybridized carbons (Fsp3) is 0.435. The maximum absolute atomic E-state index is 15.7. The SMILES string of the molecule is O=C1CCOc2ccccc2-c2cccc(c2F)CC2C(NS(=O)(=O)CF)C(CF)CCN12. The molecule has 1 N–H and O–H groups in total. The minimum atomic E-state index is -4.34. The van der Waals surface area contributed by atoms with Crippen LogP contribution in [0.1, 0.15) is 18.4 Å². The number of fused-ring (bicyclic) bond motifs is 5. The van der Waals surface area contributed by atoms with Crippen LogP contribution in [0, 0.1) is 11.7 Å². The van der Waals surface area contributed by atoms with E-state index in [4.69, 9.17) is 4.74 Å². The van der Waals surface area contributed by atoms with E-state index in [0.29, 0.717) is 16.9 Å². The van der Waals surface area contributed by atoms with Crippen molar-refractivity contribution in [2.75, 3.05) is 25.8 Å². The average molecular weight is 483 g/mol. The fourth-order valence-corrected chi connectivity index (χ4v) is 5.50. The third-order valence-electron chi connectivity index (χ3n) is 6.30. The van der Waals surface area contributed by atoms with Gasteiger partial charge in [-0.1, -0.05) is 36.4 Å². The first-order valence-corrected chi connectivity index (χ1v) is 12.4. The first kappa shape index (κ1) is 23.6. The van der Waals surface area contributed by atoms with E-state index in [-0.39, 0.29) is 43.9 Å². The predicted molar refractivity (Wildman–Crippen MR) is 117 cm³/mol. The van der Waals surface area contributed by atoms with Crippen LogP contribution in [0.25, 0.3) is 11.1 Å². The molecule has 0 saturated carbocycles. The molecule has 4 rings (SSSR count). The molecule has 3 atom stereocenters. The van der Waals surface area contributed by atoms with Crippen LogP contribution in [0.2, 0.25) is 0 Å². The summed E-state index contributed by atoms with van der Waals surface area (Å²) in [5, 5.41) is 0. The number of carbonyl (C=O) groups is 1. The second-order valence-electron chi connectivity index (χ2n) is 8.30. The van der Waals surface area contributed by atoms with Gasteiger partial charge in [-0.3, -0.25) is 9.18 Å². The van der Waals surface area contributed by atoms with Gasteiger partial charge in [0, 0.05) is 29.6 Å². The van der Waals surface area contributed by atoms with E-state index in [1.165, 1.54) is 4.90 Å². The summed E-state index contributed by atoms with van der Waals surface area (Å²) < 4.78 is 74.7. The zero-order valence-corrected chi connectivity index (χ0v) is 18.7. The van der Waals surface area contributed by atoms with Gasteiger partial charge in [-0.2, -0.15) is 0 Å². The van der Waals surface area contributed by atoms with Gasteiger partial charge in [-0.15, -0.1) is 0 Å². The molecule has 33 heavy (non-hydrogen) atoms. The van der Waals surface area contributed by atoms with Crippen molar-refractivity contribution in [3.8, 4) is 16.9 Å². The Morgan fingerprint density at radius 2 is 1.85 bits per heavy atom. The maximum atomic E-state index is 15.7. The fourth-order valence-electron chi connectivity index (χ4n) is 4.67. The summed E-state index contributed by atoms with van der Waals surface area (Å²) in [7, 11) is -4.34. The number of carbonyl (C=O) groups excluding carboxylic acids is 1. The second-order valence-corrected chi connectivity index (χ2v) is 9.99. The Hall–Kier alpha value is -2.59. The summed E-state index contributed by atoms with van der Waals surface area (Å²) in [4.78, 5) is 14.5. The van der Waals surface area contributed by atoms with Crippen LogP contribution in [-0.2, 0) is 21.2 Å². The van der Waals surface area contributed by atoms with Gasteiger partial charge in [0.25, 0.3) is 0 Å². The largest absolute Gasteiger partial charge is 0.492 e. The highest BCUT2D eigenvalue weighted by Crippen LogP contribution is 2.35. The molecule has 0 aromatic heterocycles. The topological polar surface area (TPSA) is 75.7 Å². The van der Waals surface area contributed by atoms with Gasteiger partial charge < -0.3 is 9.64 Å². The third-order valence-corrected chi connectivity index (χ3v) is 7.22. The Morgan fingerprint density at radius 1 is 1.09 bits per heavy atom. The van der Waals surface area contributed by atoms with E-state index in [1.807, 2.05) is 0 Å². The lowest BCUT2D eigenvalue weighted by Crippen LogP contribution is -2.62. The van der Waals surface area contributed by atoms with E-state index < -0.39 is 46.5 Å². The van der Waals surface area contributed by atoms with Gasteiger partial charge in [0.2, 0.25) is 21.9 Å². The van der Waals surface area contributed by atoms with Crippen molar-refractivity contribution < 1.29 is 31.1 Å². The van der Waals surface area contributed by atoms with E-state index in [9.17, 15) is 22.0 Å². The van der Waals surface area contributed by atoms with E-state index in [2.05, 4.69) is 4.72 Å². The van der Waals surface area contributed by atoms with Gasteiger partial charge in [-0.05, 0) is 24.5 Å². The minimum absolute atomic E-state index is 0.00409. The highest BCUT2D eigenvalue weighted by molar-refractivity contribution is 7.89. The molecular weight excluding hydrogens is 457 g/mol. The lowest BCUT2D eigenvalue weighted by molar-refractivity contribution is -0.137. The van der Waals surface area contributed by atoms with Crippen molar-refractivity contribution in [1.29, 1.82) is 0 Å². The molecule has 6 nitrogen and oxygen atoms in total. The molecule has 1 fully saturated rings. The van der Waals surface area contributed by atoms with Crippen LogP contribution < -0.4 is 9.46 Å². The molecular formula is C23H25F3N2O4S. The lowest BCUT2D eigenvalue weighted by atomic mass is 9.83. The molecule has 0 aliphatic carbocycles. The van der Waals surface area contributed by atoms with Gasteiger partial charge in [0.15, 0.2) is 0 Å². The summed E-state index contributed by atoms with van der Waals surface area (Å²) in [6, 6.07) is 8.12. The molecule has 1 amide bonds. The number of nitrogens with one attached hydrogen (secondary N) is 1. The average Bonchev–Trinajstić information content (AvgIpc) is 2.81. The third kappa shape index (κ3) is 4.86. The quantitative estimate of drug-likeness (QED) is 0.726. The summed E-state index contributed by atoms with van der Waals surface area (Å²) in [6.45, 7) is -0.630. The molecule has 0 spiro atoms. The van der Waals surface area contributed by atoms with Crippen LogP contribution in [0.15, 0.2) is 42.5 Å². The first-order valence-electron chi connectivity index (χ1n) is 10.8. The van der Waals surface area contributed by atoms with Crippen LogP contribution >= 0.6 is 0 Å². The maximum Gasteiger partial charge on any atom is 0.241 e. The molecule has 2 aromatic carbocycles. The number of benzene rings is 2. The van der Waals surface area contributed by atoms with E-state index >= 15 is 4.39 Å². The van der Waals surface area contributed by atoms with Crippen LogP contribution in [0.3, 0.4) is 0 Å². The van der Waals surface area contributed by atoms with Crippen molar-refractivity contribution >= 4 is 15.9 Å². The summed E-state index contributed by atoms with van der Waals surface area (Å²) in [5.41, 5.74) is 1.08. The number of rotatable bonds is 4. The first-order chi connectivity index (χ1) is 15.8. The molecule has 2 bridgehead atoms. The number of nitrogens with zero attached hydrogens (tertiary/aromatic N) is 1. The lowest BCUT2D eigenvalue weighted by Gasteiger charge is -2.45. The Labute approximate surface area is 190 Å². The number of hydrogen-bond acceptors (Lipinski definition) is 4. The van der Waals surface area contributed by atoms with Crippen molar-refractivity contribution in [2.45, 2.75) is 31.3 Å². The number of sulfonamides is 1. The zero-order valence-electron chi connectivity index (χ0n) is 17.8. The number of halogens is 3. The Bertz CT molecular complexity index is 1130. The zero-order chi connectivity index (χ0) is 23.6. The summed E-state index contributed by atoms with van der Waals surface area (Å²) >= 11 is 0.